The quantitative estimate of drug-likeness (QED) is 0.620. The maximum Gasteiger partial charge on any atom is 0.290 e. The van der Waals surface area contributed by atoms with Crippen LogP contribution in [0.5, 0.6) is 0 Å². The third kappa shape index (κ3) is 2.37. The van der Waals surface area contributed by atoms with Crippen molar-refractivity contribution in [2.45, 2.75) is 25.8 Å². The van der Waals surface area contributed by atoms with Crippen LogP contribution >= 0.6 is 22.9 Å². The highest BCUT2D eigenvalue weighted by atomic mass is 35.5. The number of para-hydroxylation sites is 1. The number of carbonyl (C=O) groups is 1. The molecule has 1 unspecified atom stereocenters. The van der Waals surface area contributed by atoms with Crippen molar-refractivity contribution in [3.8, 4) is 0 Å². The monoisotopic (exact) mass is 345 g/mol. The SMILES string of the molecule is Cc1c(C(=O)N2CCCC2c2cccs2)oc2c(Cl)cccc12. The largest absolute Gasteiger partial charge is 0.449 e. The van der Waals surface area contributed by atoms with Crippen molar-refractivity contribution in [3.63, 3.8) is 0 Å². The van der Waals surface area contributed by atoms with Crippen LogP contribution in [-0.2, 0) is 0 Å². The van der Waals surface area contributed by atoms with Crippen LogP contribution in [0.4, 0.5) is 0 Å². The lowest BCUT2D eigenvalue weighted by molar-refractivity contribution is 0.0707. The number of likely N-dealkylation sites (tertiary alicyclic amines) is 1. The molecule has 1 fully saturated rings. The Bertz CT molecular complexity index is 869. The molecule has 1 atom stereocenters. The molecule has 3 heterocycles. The van der Waals surface area contributed by atoms with E-state index in [-0.39, 0.29) is 11.9 Å². The Balaban J connectivity index is 1.74. The number of furan rings is 1. The highest BCUT2D eigenvalue weighted by Gasteiger charge is 2.34. The first kappa shape index (κ1) is 14.8. The molecule has 5 heteroatoms. The molecule has 0 radical (unpaired) electrons. The Kier molecular flexibility index (Phi) is 3.66. The molecule has 0 aliphatic carbocycles. The van der Waals surface area contributed by atoms with E-state index in [1.54, 1.807) is 17.4 Å². The fraction of sp³-hybridized carbons (Fsp3) is 0.278. The topological polar surface area (TPSA) is 33.5 Å². The van der Waals surface area contributed by atoms with E-state index in [4.69, 9.17) is 16.0 Å². The van der Waals surface area contributed by atoms with Gasteiger partial charge in [-0.15, -0.1) is 11.3 Å². The van der Waals surface area contributed by atoms with Crippen molar-refractivity contribution in [2.24, 2.45) is 0 Å². The van der Waals surface area contributed by atoms with Gasteiger partial charge in [0.2, 0.25) is 0 Å². The standard InChI is InChI=1S/C18H16ClNO2S/c1-11-12-5-2-6-13(19)17(12)22-16(11)18(21)20-9-3-7-14(20)15-8-4-10-23-15/h2,4-6,8,10,14H,3,7,9H2,1H3. The summed E-state index contributed by atoms with van der Waals surface area (Å²) >= 11 is 7.90. The Morgan fingerprint density at radius 2 is 2.22 bits per heavy atom. The van der Waals surface area contributed by atoms with Gasteiger partial charge in [0.1, 0.15) is 0 Å². The van der Waals surface area contributed by atoms with Gasteiger partial charge in [-0.05, 0) is 37.3 Å². The van der Waals surface area contributed by atoms with Gasteiger partial charge in [-0.3, -0.25) is 4.79 Å². The van der Waals surface area contributed by atoms with E-state index in [1.807, 2.05) is 30.0 Å². The van der Waals surface area contributed by atoms with Crippen LogP contribution in [0.2, 0.25) is 5.02 Å². The average molecular weight is 346 g/mol. The number of thiophene rings is 1. The third-order valence-corrected chi connectivity index (χ3v) is 5.77. The summed E-state index contributed by atoms with van der Waals surface area (Å²) in [4.78, 5) is 16.2. The summed E-state index contributed by atoms with van der Waals surface area (Å²) in [5.74, 6) is 0.377. The normalized spacial score (nSPS) is 18.0. The van der Waals surface area contributed by atoms with Crippen LogP contribution in [0, 0.1) is 6.92 Å². The van der Waals surface area contributed by atoms with Crippen LogP contribution in [-0.4, -0.2) is 17.4 Å². The van der Waals surface area contributed by atoms with Crippen molar-refractivity contribution >= 4 is 39.8 Å². The first-order valence-corrected chi connectivity index (χ1v) is 8.94. The molecule has 4 rings (SSSR count). The van der Waals surface area contributed by atoms with Gasteiger partial charge < -0.3 is 9.32 Å². The Morgan fingerprint density at radius 3 is 2.96 bits per heavy atom. The first-order valence-electron chi connectivity index (χ1n) is 7.69. The second-order valence-electron chi connectivity index (χ2n) is 5.84. The average Bonchev–Trinajstić information content (AvgIpc) is 3.26. The van der Waals surface area contributed by atoms with Crippen LogP contribution in [0.1, 0.15) is 39.9 Å². The molecule has 0 spiro atoms. The molecule has 0 N–H and O–H groups in total. The predicted octanol–water partition coefficient (Wildman–Crippen LogP) is 5.43. The molecule has 0 saturated carbocycles. The number of rotatable bonds is 2. The van der Waals surface area contributed by atoms with Gasteiger partial charge in [0, 0.05) is 22.4 Å². The zero-order chi connectivity index (χ0) is 16.0. The molecule has 1 amide bonds. The summed E-state index contributed by atoms with van der Waals surface area (Å²) in [7, 11) is 0. The number of nitrogens with zero attached hydrogens (tertiary/aromatic N) is 1. The minimum atomic E-state index is -0.0364. The van der Waals surface area contributed by atoms with Crippen LogP contribution in [0.25, 0.3) is 11.0 Å². The van der Waals surface area contributed by atoms with Crippen LogP contribution in [0.15, 0.2) is 40.1 Å². The molecule has 0 bridgehead atoms. The van der Waals surface area contributed by atoms with Crippen molar-refractivity contribution in [3.05, 3.63) is 56.9 Å². The third-order valence-electron chi connectivity index (χ3n) is 4.50. The number of hydrogen-bond acceptors (Lipinski definition) is 3. The predicted molar refractivity (Wildman–Crippen MR) is 93.3 cm³/mol. The zero-order valence-corrected chi connectivity index (χ0v) is 14.3. The molecule has 23 heavy (non-hydrogen) atoms. The van der Waals surface area contributed by atoms with Crippen molar-refractivity contribution in [1.29, 1.82) is 0 Å². The van der Waals surface area contributed by atoms with Gasteiger partial charge in [0.15, 0.2) is 11.3 Å². The molecule has 1 aliphatic heterocycles. The minimum Gasteiger partial charge on any atom is -0.449 e. The maximum atomic E-state index is 13.0. The van der Waals surface area contributed by atoms with Gasteiger partial charge in [-0.2, -0.15) is 0 Å². The number of aryl methyl sites for hydroxylation is 1. The summed E-state index contributed by atoms with van der Waals surface area (Å²) in [6.45, 7) is 2.69. The Hall–Kier alpha value is -1.78. The molecular weight excluding hydrogens is 330 g/mol. The second-order valence-corrected chi connectivity index (χ2v) is 7.23. The number of halogens is 1. The molecule has 3 nitrogen and oxygen atoms in total. The zero-order valence-electron chi connectivity index (χ0n) is 12.7. The van der Waals surface area contributed by atoms with Gasteiger partial charge in [-0.25, -0.2) is 0 Å². The number of fused-ring (bicyclic) bond motifs is 1. The van der Waals surface area contributed by atoms with Crippen molar-refractivity contribution in [2.75, 3.05) is 6.54 Å². The molecule has 118 valence electrons. The fourth-order valence-electron chi connectivity index (χ4n) is 3.33. The summed E-state index contributed by atoms with van der Waals surface area (Å²) in [6.07, 6.45) is 2.03. The van der Waals surface area contributed by atoms with E-state index in [0.29, 0.717) is 16.4 Å². The number of benzene rings is 1. The van der Waals surface area contributed by atoms with E-state index in [1.165, 1.54) is 4.88 Å². The molecule has 3 aromatic rings. The lowest BCUT2D eigenvalue weighted by atomic mass is 10.1. The molecular formula is C18H16ClNO2S. The van der Waals surface area contributed by atoms with E-state index in [2.05, 4.69) is 11.4 Å². The summed E-state index contributed by atoms with van der Waals surface area (Å²) in [5, 5.41) is 3.51. The highest BCUT2D eigenvalue weighted by Crippen LogP contribution is 2.37. The number of hydrogen-bond donors (Lipinski definition) is 0. The van der Waals surface area contributed by atoms with E-state index in [9.17, 15) is 4.79 Å². The maximum absolute atomic E-state index is 13.0. The Labute approximate surface area is 143 Å². The molecule has 2 aromatic heterocycles. The smallest absolute Gasteiger partial charge is 0.290 e. The Morgan fingerprint density at radius 1 is 1.35 bits per heavy atom. The summed E-state index contributed by atoms with van der Waals surface area (Å²) in [5.41, 5.74) is 1.46. The lowest BCUT2D eigenvalue weighted by Gasteiger charge is -2.23. The van der Waals surface area contributed by atoms with Crippen molar-refractivity contribution < 1.29 is 9.21 Å². The molecule has 1 saturated heterocycles. The fourth-order valence-corrected chi connectivity index (χ4v) is 4.42. The van der Waals surface area contributed by atoms with Crippen LogP contribution in [0.3, 0.4) is 0 Å². The number of amides is 1. The molecule has 1 aliphatic rings. The number of carbonyl (C=O) groups excluding carboxylic acids is 1. The van der Waals surface area contributed by atoms with E-state index in [0.717, 1.165) is 30.3 Å². The van der Waals surface area contributed by atoms with E-state index < -0.39 is 0 Å². The summed E-state index contributed by atoms with van der Waals surface area (Å²) in [6, 6.07) is 9.90. The van der Waals surface area contributed by atoms with E-state index >= 15 is 0 Å². The van der Waals surface area contributed by atoms with Crippen molar-refractivity contribution in [1.82, 2.24) is 4.90 Å². The lowest BCUT2D eigenvalue weighted by Crippen LogP contribution is -2.30. The minimum absolute atomic E-state index is 0.0364. The highest BCUT2D eigenvalue weighted by molar-refractivity contribution is 7.10. The molecule has 1 aromatic carbocycles. The summed E-state index contributed by atoms with van der Waals surface area (Å²) < 4.78 is 5.85. The van der Waals surface area contributed by atoms with Gasteiger partial charge in [0.25, 0.3) is 5.91 Å². The first-order chi connectivity index (χ1) is 11.2. The van der Waals surface area contributed by atoms with Gasteiger partial charge in [0.05, 0.1) is 11.1 Å². The second kappa shape index (κ2) is 5.69. The van der Waals surface area contributed by atoms with Crippen LogP contribution < -0.4 is 0 Å². The van der Waals surface area contributed by atoms with Gasteiger partial charge in [-0.1, -0.05) is 29.8 Å². The van der Waals surface area contributed by atoms with Gasteiger partial charge >= 0.3 is 0 Å².